The molecule has 2 aliphatic rings. The second kappa shape index (κ2) is 8.85. The standard InChI is InChI=1S/C18H26BrN3O.HI/c1-20-17(22-9-6-14(11-22)12-23-2)21-13-18(7-8-18)15-4-3-5-16(19)10-15;/h3-5,10,14H,6-9,11-13H2,1-2H3,(H,20,21);1H. The van der Waals surface area contributed by atoms with E-state index in [0.717, 1.165) is 36.7 Å². The number of hydrogen-bond acceptors (Lipinski definition) is 2. The van der Waals surface area contributed by atoms with E-state index in [0.29, 0.717) is 5.92 Å². The lowest BCUT2D eigenvalue weighted by Gasteiger charge is -2.24. The summed E-state index contributed by atoms with van der Waals surface area (Å²) in [6, 6.07) is 8.71. The minimum atomic E-state index is 0. The first kappa shape index (κ1) is 20.0. The van der Waals surface area contributed by atoms with Gasteiger partial charge in [0.25, 0.3) is 0 Å². The van der Waals surface area contributed by atoms with Gasteiger partial charge in [-0.2, -0.15) is 0 Å². The van der Waals surface area contributed by atoms with Crippen LogP contribution < -0.4 is 5.32 Å². The van der Waals surface area contributed by atoms with Gasteiger partial charge in [0.05, 0.1) is 6.61 Å². The Balaban J connectivity index is 0.00000208. The van der Waals surface area contributed by atoms with Crippen molar-refractivity contribution in [3.05, 3.63) is 34.3 Å². The topological polar surface area (TPSA) is 36.9 Å². The zero-order valence-corrected chi connectivity index (χ0v) is 18.3. The summed E-state index contributed by atoms with van der Waals surface area (Å²) < 4.78 is 6.45. The first-order chi connectivity index (χ1) is 11.2. The molecule has 6 heteroatoms. The number of halogens is 2. The average molecular weight is 508 g/mol. The van der Waals surface area contributed by atoms with E-state index in [1.807, 2.05) is 7.05 Å². The molecule has 1 saturated heterocycles. The third kappa shape index (κ3) is 4.64. The first-order valence-corrected chi connectivity index (χ1v) is 9.17. The van der Waals surface area contributed by atoms with Crippen molar-refractivity contribution in [2.24, 2.45) is 10.9 Å². The maximum absolute atomic E-state index is 5.29. The molecule has 1 heterocycles. The van der Waals surface area contributed by atoms with Crippen molar-refractivity contribution < 1.29 is 4.74 Å². The van der Waals surface area contributed by atoms with Gasteiger partial charge in [0.15, 0.2) is 5.96 Å². The number of ether oxygens (including phenoxy) is 1. The highest BCUT2D eigenvalue weighted by atomic mass is 127. The Morgan fingerprint density at radius 1 is 1.46 bits per heavy atom. The number of guanidine groups is 1. The maximum atomic E-state index is 5.29. The van der Waals surface area contributed by atoms with Gasteiger partial charge < -0.3 is 15.0 Å². The number of benzene rings is 1. The molecule has 24 heavy (non-hydrogen) atoms. The quantitative estimate of drug-likeness (QED) is 0.375. The Morgan fingerprint density at radius 3 is 2.88 bits per heavy atom. The van der Waals surface area contributed by atoms with Crippen LogP contribution in [0.2, 0.25) is 0 Å². The van der Waals surface area contributed by atoms with Crippen LogP contribution in [0.25, 0.3) is 0 Å². The monoisotopic (exact) mass is 507 g/mol. The fraction of sp³-hybridized carbons (Fsp3) is 0.611. The summed E-state index contributed by atoms with van der Waals surface area (Å²) in [5, 5.41) is 3.61. The van der Waals surface area contributed by atoms with Crippen molar-refractivity contribution >= 4 is 45.9 Å². The summed E-state index contributed by atoms with van der Waals surface area (Å²) >= 11 is 3.59. The molecule has 134 valence electrons. The molecule has 1 aliphatic carbocycles. The summed E-state index contributed by atoms with van der Waals surface area (Å²) in [4.78, 5) is 6.85. The van der Waals surface area contributed by atoms with Crippen LogP contribution in [0.3, 0.4) is 0 Å². The van der Waals surface area contributed by atoms with Crippen LogP contribution in [-0.4, -0.2) is 51.3 Å². The van der Waals surface area contributed by atoms with Crippen LogP contribution in [0.1, 0.15) is 24.8 Å². The van der Waals surface area contributed by atoms with E-state index in [1.54, 1.807) is 7.11 Å². The molecule has 1 atom stereocenters. The first-order valence-electron chi connectivity index (χ1n) is 8.37. The molecule has 0 amide bonds. The summed E-state index contributed by atoms with van der Waals surface area (Å²) in [5.74, 6) is 1.66. The molecule has 0 aromatic heterocycles. The summed E-state index contributed by atoms with van der Waals surface area (Å²) in [6.45, 7) is 3.91. The molecule has 1 unspecified atom stereocenters. The third-order valence-corrected chi connectivity index (χ3v) is 5.57. The van der Waals surface area contributed by atoms with Crippen LogP contribution in [-0.2, 0) is 10.2 Å². The lowest BCUT2D eigenvalue weighted by atomic mass is 9.96. The Hall–Kier alpha value is -0.340. The highest BCUT2D eigenvalue weighted by molar-refractivity contribution is 14.0. The average Bonchev–Trinajstić information content (AvgIpc) is 3.21. The summed E-state index contributed by atoms with van der Waals surface area (Å²) in [6.07, 6.45) is 3.69. The Bertz CT molecular complexity index is 577. The minimum absolute atomic E-state index is 0. The molecule has 1 N–H and O–H groups in total. The second-order valence-electron chi connectivity index (χ2n) is 6.75. The number of aliphatic imine (C=N–C) groups is 1. The van der Waals surface area contributed by atoms with Gasteiger partial charge in [-0.15, -0.1) is 24.0 Å². The fourth-order valence-corrected chi connectivity index (χ4v) is 3.91. The zero-order chi connectivity index (χ0) is 16.3. The Morgan fingerprint density at radius 2 is 2.25 bits per heavy atom. The van der Waals surface area contributed by atoms with Crippen molar-refractivity contribution in [1.29, 1.82) is 0 Å². The second-order valence-corrected chi connectivity index (χ2v) is 7.66. The van der Waals surface area contributed by atoms with E-state index in [1.165, 1.54) is 24.8 Å². The van der Waals surface area contributed by atoms with Crippen molar-refractivity contribution in [2.45, 2.75) is 24.7 Å². The van der Waals surface area contributed by atoms with Crippen LogP contribution in [0.4, 0.5) is 0 Å². The van der Waals surface area contributed by atoms with Crippen LogP contribution in [0.15, 0.2) is 33.7 Å². The number of hydrogen-bond donors (Lipinski definition) is 1. The van der Waals surface area contributed by atoms with Crippen molar-refractivity contribution in [3.8, 4) is 0 Å². The molecule has 0 spiro atoms. The molecular formula is C18H27BrIN3O. The molecule has 4 nitrogen and oxygen atoms in total. The van der Waals surface area contributed by atoms with Gasteiger partial charge in [-0.05, 0) is 37.0 Å². The number of nitrogens with one attached hydrogen (secondary N) is 1. The molecule has 0 bridgehead atoms. The zero-order valence-electron chi connectivity index (χ0n) is 14.4. The lowest BCUT2D eigenvalue weighted by Crippen LogP contribution is -2.43. The molecule has 2 fully saturated rings. The molecule has 1 aromatic carbocycles. The molecule has 1 saturated carbocycles. The predicted molar refractivity (Wildman–Crippen MR) is 113 cm³/mol. The number of methoxy groups -OCH3 is 1. The number of nitrogens with zero attached hydrogens (tertiary/aromatic N) is 2. The number of rotatable bonds is 5. The van der Waals surface area contributed by atoms with Crippen molar-refractivity contribution in [1.82, 2.24) is 10.2 Å². The molecule has 3 rings (SSSR count). The van der Waals surface area contributed by atoms with E-state index in [-0.39, 0.29) is 29.4 Å². The van der Waals surface area contributed by atoms with Gasteiger partial charge in [-0.25, -0.2) is 0 Å². The Labute approximate surface area is 170 Å². The van der Waals surface area contributed by atoms with Gasteiger partial charge in [-0.3, -0.25) is 4.99 Å². The van der Waals surface area contributed by atoms with E-state index in [9.17, 15) is 0 Å². The van der Waals surface area contributed by atoms with E-state index in [2.05, 4.69) is 55.4 Å². The fourth-order valence-electron chi connectivity index (χ4n) is 3.51. The summed E-state index contributed by atoms with van der Waals surface area (Å²) in [7, 11) is 3.66. The highest BCUT2D eigenvalue weighted by Crippen LogP contribution is 2.48. The summed E-state index contributed by atoms with van der Waals surface area (Å²) in [5.41, 5.74) is 1.71. The molecule has 1 aromatic rings. The SMILES string of the molecule is CN=C(NCC1(c2cccc(Br)c2)CC1)N1CCC(COC)C1.I. The maximum Gasteiger partial charge on any atom is 0.193 e. The number of likely N-dealkylation sites (tertiary alicyclic amines) is 1. The van der Waals surface area contributed by atoms with E-state index >= 15 is 0 Å². The molecule has 1 aliphatic heterocycles. The van der Waals surface area contributed by atoms with Crippen molar-refractivity contribution in [2.75, 3.05) is 40.4 Å². The Kier molecular flexibility index (Phi) is 7.37. The van der Waals surface area contributed by atoms with Crippen LogP contribution in [0.5, 0.6) is 0 Å². The molecule has 0 radical (unpaired) electrons. The van der Waals surface area contributed by atoms with Gasteiger partial charge in [0, 0.05) is 49.6 Å². The predicted octanol–water partition coefficient (Wildman–Crippen LogP) is 3.64. The largest absolute Gasteiger partial charge is 0.384 e. The normalized spacial score (nSPS) is 22.2. The van der Waals surface area contributed by atoms with Crippen LogP contribution >= 0.6 is 39.9 Å². The van der Waals surface area contributed by atoms with Gasteiger partial charge in [0.2, 0.25) is 0 Å². The van der Waals surface area contributed by atoms with E-state index < -0.39 is 0 Å². The highest BCUT2D eigenvalue weighted by Gasteiger charge is 2.44. The van der Waals surface area contributed by atoms with Crippen LogP contribution in [0, 0.1) is 5.92 Å². The van der Waals surface area contributed by atoms with Crippen molar-refractivity contribution in [3.63, 3.8) is 0 Å². The van der Waals surface area contributed by atoms with Gasteiger partial charge in [0.1, 0.15) is 0 Å². The molecular weight excluding hydrogens is 481 g/mol. The lowest BCUT2D eigenvalue weighted by molar-refractivity contribution is 0.157. The smallest absolute Gasteiger partial charge is 0.193 e. The third-order valence-electron chi connectivity index (χ3n) is 5.07. The van der Waals surface area contributed by atoms with E-state index in [4.69, 9.17) is 4.74 Å². The van der Waals surface area contributed by atoms with Gasteiger partial charge >= 0.3 is 0 Å². The van der Waals surface area contributed by atoms with Gasteiger partial charge in [-0.1, -0.05) is 28.1 Å². The minimum Gasteiger partial charge on any atom is -0.384 e.